The van der Waals surface area contributed by atoms with Crippen molar-refractivity contribution in [1.29, 1.82) is 0 Å². The van der Waals surface area contributed by atoms with Crippen molar-refractivity contribution in [2.24, 2.45) is 0 Å². The van der Waals surface area contributed by atoms with Gasteiger partial charge in [-0.05, 0) is 44.9 Å². The van der Waals surface area contributed by atoms with E-state index in [0.717, 1.165) is 25.8 Å². The summed E-state index contributed by atoms with van der Waals surface area (Å²) in [5.41, 5.74) is 1.20. The minimum absolute atomic E-state index is 0.777. The fraction of sp³-hybridized carbons (Fsp3) is 0.571. The van der Waals surface area contributed by atoms with Gasteiger partial charge in [-0.3, -0.25) is 0 Å². The molecule has 0 amide bonds. The Morgan fingerprint density at radius 3 is 2.28 bits per heavy atom. The van der Waals surface area contributed by atoms with Gasteiger partial charge in [0.1, 0.15) is 0 Å². The van der Waals surface area contributed by atoms with Gasteiger partial charge in [-0.1, -0.05) is 18.2 Å². The highest BCUT2D eigenvalue weighted by atomic mass is 28.3. The van der Waals surface area contributed by atoms with E-state index in [1.807, 2.05) is 19.9 Å². The summed E-state index contributed by atoms with van der Waals surface area (Å²) in [4.78, 5) is 0. The zero-order chi connectivity index (χ0) is 13.1. The van der Waals surface area contributed by atoms with Crippen molar-refractivity contribution in [3.63, 3.8) is 0 Å². The largest absolute Gasteiger partial charge is 0.397 e. The molecule has 0 fully saturated rings. The molecule has 0 aromatic heterocycles. The van der Waals surface area contributed by atoms with Gasteiger partial charge in [-0.15, -0.1) is 0 Å². The average molecular weight is 267 g/mol. The molecule has 4 heteroatoms. The van der Waals surface area contributed by atoms with E-state index in [4.69, 9.17) is 8.85 Å². The van der Waals surface area contributed by atoms with Gasteiger partial charge in [0.2, 0.25) is 0 Å². The highest BCUT2D eigenvalue weighted by Crippen LogP contribution is 2.08. The molecule has 102 valence electrons. The van der Waals surface area contributed by atoms with Crippen molar-refractivity contribution in [3.05, 3.63) is 30.3 Å². The Balaban J connectivity index is 2.06. The zero-order valence-corrected chi connectivity index (χ0v) is 12.7. The monoisotopic (exact) mass is 267 g/mol. The van der Waals surface area contributed by atoms with Crippen LogP contribution in [0.5, 0.6) is 0 Å². The maximum absolute atomic E-state index is 5.64. The first-order valence-corrected chi connectivity index (χ1v) is 8.64. The normalized spacial score (nSPS) is 10.8. The predicted octanol–water partition coefficient (Wildman–Crippen LogP) is 3.17. The highest BCUT2D eigenvalue weighted by Gasteiger charge is 2.10. The lowest BCUT2D eigenvalue weighted by Crippen LogP contribution is -2.22. The summed E-state index contributed by atoms with van der Waals surface area (Å²) in [5.74, 6) is 0. The molecule has 1 aromatic carbocycles. The summed E-state index contributed by atoms with van der Waals surface area (Å²) >= 11 is 0. The number of nitrogens with one attached hydrogen (secondary N) is 1. The quantitative estimate of drug-likeness (QED) is 0.522. The summed E-state index contributed by atoms with van der Waals surface area (Å²) < 4.78 is 11.3. The molecule has 3 nitrogen and oxygen atoms in total. The Morgan fingerprint density at radius 1 is 1.00 bits per heavy atom. The molecule has 0 saturated heterocycles. The van der Waals surface area contributed by atoms with Crippen molar-refractivity contribution >= 4 is 15.0 Å². The van der Waals surface area contributed by atoms with E-state index in [2.05, 4.69) is 29.6 Å². The van der Waals surface area contributed by atoms with Crippen molar-refractivity contribution in [3.8, 4) is 0 Å². The third kappa shape index (κ3) is 6.79. The first-order chi connectivity index (χ1) is 8.86. The fourth-order valence-corrected chi connectivity index (χ4v) is 3.61. The Labute approximate surface area is 112 Å². The SMILES string of the molecule is CCO[SiH](CCCCNc1ccccc1)OCC. The fourth-order valence-electron chi connectivity index (χ4n) is 1.81. The van der Waals surface area contributed by atoms with Crippen LogP contribution in [0.15, 0.2) is 30.3 Å². The van der Waals surface area contributed by atoms with Crippen molar-refractivity contribution in [2.75, 3.05) is 25.1 Å². The van der Waals surface area contributed by atoms with E-state index in [-0.39, 0.29) is 0 Å². The van der Waals surface area contributed by atoms with Gasteiger partial charge in [0.05, 0.1) is 0 Å². The summed E-state index contributed by atoms with van der Waals surface area (Å²) in [6.07, 6.45) is 2.34. The first kappa shape index (κ1) is 15.2. The molecule has 0 saturated carbocycles. The van der Waals surface area contributed by atoms with Gasteiger partial charge in [0.15, 0.2) is 0 Å². The molecule has 0 spiro atoms. The molecule has 0 unspecified atom stereocenters. The number of hydrogen-bond acceptors (Lipinski definition) is 3. The third-order valence-electron chi connectivity index (χ3n) is 2.67. The number of rotatable bonds is 10. The van der Waals surface area contributed by atoms with Gasteiger partial charge >= 0.3 is 9.28 Å². The minimum Gasteiger partial charge on any atom is -0.397 e. The second-order valence-electron chi connectivity index (χ2n) is 4.13. The Kier molecular flexibility index (Phi) is 8.55. The molecular weight excluding hydrogens is 242 g/mol. The van der Waals surface area contributed by atoms with Crippen LogP contribution in [0.25, 0.3) is 0 Å². The minimum atomic E-state index is -1.38. The van der Waals surface area contributed by atoms with E-state index in [1.54, 1.807) is 0 Å². The molecule has 0 aliphatic carbocycles. The van der Waals surface area contributed by atoms with Gasteiger partial charge in [-0.25, -0.2) is 0 Å². The van der Waals surface area contributed by atoms with Gasteiger partial charge in [0.25, 0.3) is 0 Å². The second kappa shape index (κ2) is 10.1. The molecule has 1 N–H and O–H groups in total. The molecule has 18 heavy (non-hydrogen) atoms. The van der Waals surface area contributed by atoms with Crippen molar-refractivity contribution in [1.82, 2.24) is 0 Å². The first-order valence-electron chi connectivity index (χ1n) is 6.89. The van der Waals surface area contributed by atoms with Crippen LogP contribution < -0.4 is 5.32 Å². The van der Waals surface area contributed by atoms with E-state index >= 15 is 0 Å². The standard InChI is InChI=1S/C14H25NO2Si/c1-3-16-18(17-4-2)13-9-8-12-15-14-10-6-5-7-11-14/h5-7,10-11,15,18H,3-4,8-9,12-13H2,1-2H3. The zero-order valence-electron chi connectivity index (χ0n) is 11.5. The number of anilines is 1. The smallest absolute Gasteiger partial charge is 0.321 e. The lowest BCUT2D eigenvalue weighted by Gasteiger charge is -2.14. The maximum Gasteiger partial charge on any atom is 0.321 e. The highest BCUT2D eigenvalue weighted by molar-refractivity contribution is 6.44. The predicted molar refractivity (Wildman–Crippen MR) is 79.4 cm³/mol. The van der Waals surface area contributed by atoms with E-state index in [1.165, 1.54) is 18.5 Å². The molecule has 0 radical (unpaired) electrons. The summed E-state index contributed by atoms with van der Waals surface area (Å²) in [6, 6.07) is 11.4. The second-order valence-corrected chi connectivity index (χ2v) is 6.23. The van der Waals surface area contributed by atoms with E-state index in [0.29, 0.717) is 0 Å². The molecule has 1 aromatic rings. The summed E-state index contributed by atoms with van der Waals surface area (Å²) in [6.45, 7) is 6.65. The van der Waals surface area contributed by atoms with E-state index < -0.39 is 9.28 Å². The molecule has 0 atom stereocenters. The van der Waals surface area contributed by atoms with Crippen LogP contribution in [-0.2, 0) is 8.85 Å². The lowest BCUT2D eigenvalue weighted by molar-refractivity contribution is 0.212. The number of para-hydroxylation sites is 1. The van der Waals surface area contributed by atoms with Crippen LogP contribution in [-0.4, -0.2) is 29.0 Å². The molecular formula is C14H25NO2Si. The maximum atomic E-state index is 5.64. The van der Waals surface area contributed by atoms with Crippen LogP contribution in [0.4, 0.5) is 5.69 Å². The van der Waals surface area contributed by atoms with Crippen LogP contribution in [0, 0.1) is 0 Å². The molecule has 0 aliphatic heterocycles. The van der Waals surface area contributed by atoms with Crippen LogP contribution in [0.3, 0.4) is 0 Å². The average Bonchev–Trinajstić information content (AvgIpc) is 2.40. The molecule has 1 rings (SSSR count). The number of hydrogen-bond donors (Lipinski definition) is 1. The molecule has 0 aliphatic rings. The Bertz CT molecular complexity index is 289. The van der Waals surface area contributed by atoms with Gasteiger partial charge in [0, 0.05) is 25.4 Å². The van der Waals surface area contributed by atoms with Gasteiger partial charge < -0.3 is 14.2 Å². The lowest BCUT2D eigenvalue weighted by atomic mass is 10.3. The topological polar surface area (TPSA) is 30.5 Å². The molecule has 0 heterocycles. The van der Waals surface area contributed by atoms with Crippen molar-refractivity contribution in [2.45, 2.75) is 32.7 Å². The molecule has 0 bridgehead atoms. The van der Waals surface area contributed by atoms with Crippen LogP contribution >= 0.6 is 0 Å². The van der Waals surface area contributed by atoms with E-state index in [9.17, 15) is 0 Å². The summed E-state index contributed by atoms with van der Waals surface area (Å²) in [7, 11) is -1.38. The summed E-state index contributed by atoms with van der Waals surface area (Å²) in [5, 5.41) is 3.42. The van der Waals surface area contributed by atoms with Crippen LogP contribution in [0.1, 0.15) is 26.7 Å². The van der Waals surface area contributed by atoms with Crippen LogP contribution in [0.2, 0.25) is 6.04 Å². The Morgan fingerprint density at radius 2 is 1.67 bits per heavy atom. The third-order valence-corrected chi connectivity index (χ3v) is 4.96. The number of unbranched alkanes of at least 4 members (excludes halogenated alkanes) is 1. The van der Waals surface area contributed by atoms with Crippen molar-refractivity contribution < 1.29 is 8.85 Å². The van der Waals surface area contributed by atoms with Gasteiger partial charge in [-0.2, -0.15) is 0 Å². The Hall–Kier alpha value is -0.843. The number of benzene rings is 1.